The Morgan fingerprint density at radius 3 is 2.20 bits per heavy atom. The molecule has 0 radical (unpaired) electrons. The molecule has 0 saturated carbocycles. The van der Waals surface area contributed by atoms with Crippen LogP contribution in [0.4, 0.5) is 17.6 Å². The first-order chi connectivity index (χ1) is 9.22. The highest BCUT2D eigenvalue weighted by Gasteiger charge is 2.43. The molecule has 0 aliphatic rings. The lowest BCUT2D eigenvalue weighted by molar-refractivity contribution is -0.253. The second-order valence-corrected chi connectivity index (χ2v) is 3.69. The highest BCUT2D eigenvalue weighted by molar-refractivity contribution is 5.97. The van der Waals surface area contributed by atoms with Crippen molar-refractivity contribution in [1.29, 1.82) is 0 Å². The van der Waals surface area contributed by atoms with Crippen molar-refractivity contribution in [2.75, 3.05) is 6.61 Å². The molecule has 4 nitrogen and oxygen atoms in total. The maximum atomic E-state index is 12.6. The molecule has 0 spiro atoms. The largest absolute Gasteiger partial charge is 0.461 e. The topological polar surface area (TPSA) is 52.6 Å². The minimum Gasteiger partial charge on any atom is -0.457 e. The highest BCUT2D eigenvalue weighted by Crippen LogP contribution is 2.27. The highest BCUT2D eigenvalue weighted by atomic mass is 19.3. The van der Waals surface area contributed by atoms with E-state index in [1.54, 1.807) is 0 Å². The van der Waals surface area contributed by atoms with Gasteiger partial charge in [0, 0.05) is 12.5 Å². The summed E-state index contributed by atoms with van der Waals surface area (Å²) < 4.78 is 57.3. The fourth-order valence-corrected chi connectivity index (χ4v) is 1.16. The summed E-state index contributed by atoms with van der Waals surface area (Å²) in [6.07, 6.45) is -8.57. The summed E-state index contributed by atoms with van der Waals surface area (Å²) in [7, 11) is 0. The molecular formula is C12H10F4O4. The Kier molecular flexibility index (Phi) is 5.06. The number of Topliss-reactive ketones (excluding diaryl/α,β-unsaturated/α-hetero) is 1. The van der Waals surface area contributed by atoms with Crippen molar-refractivity contribution in [3.8, 4) is 5.75 Å². The Labute approximate surface area is 111 Å². The number of esters is 1. The molecule has 0 N–H and O–H groups in total. The maximum absolute atomic E-state index is 12.6. The Morgan fingerprint density at radius 1 is 1.20 bits per heavy atom. The Morgan fingerprint density at radius 2 is 1.75 bits per heavy atom. The van der Waals surface area contributed by atoms with E-state index in [1.807, 2.05) is 0 Å². The van der Waals surface area contributed by atoms with Gasteiger partial charge in [0.25, 0.3) is 0 Å². The molecular weight excluding hydrogens is 284 g/mol. The van der Waals surface area contributed by atoms with E-state index in [0.29, 0.717) is 0 Å². The van der Waals surface area contributed by atoms with Crippen molar-refractivity contribution in [3.63, 3.8) is 0 Å². The lowest BCUT2D eigenvalue weighted by atomic mass is 10.1. The minimum atomic E-state index is -4.61. The standard InChI is InChI=1S/C12H10F4O4/c1-7(17)19-6-10(18)8-2-4-9(5-3-8)20-12(15,16)11(13)14/h2-5,11H,6H2,1H3. The van der Waals surface area contributed by atoms with Crippen molar-refractivity contribution in [2.45, 2.75) is 19.5 Å². The molecule has 8 heteroatoms. The van der Waals surface area contributed by atoms with Crippen molar-refractivity contribution in [3.05, 3.63) is 29.8 Å². The Balaban J connectivity index is 2.69. The van der Waals surface area contributed by atoms with Crippen LogP contribution in [0.2, 0.25) is 0 Å². The van der Waals surface area contributed by atoms with E-state index in [4.69, 9.17) is 0 Å². The van der Waals surface area contributed by atoms with Crippen LogP contribution in [0.3, 0.4) is 0 Å². The van der Waals surface area contributed by atoms with E-state index in [9.17, 15) is 27.2 Å². The van der Waals surface area contributed by atoms with Crippen molar-refractivity contribution in [2.24, 2.45) is 0 Å². The summed E-state index contributed by atoms with van der Waals surface area (Å²) in [5.41, 5.74) is 0.0685. The van der Waals surface area contributed by atoms with Gasteiger partial charge in [-0.3, -0.25) is 9.59 Å². The van der Waals surface area contributed by atoms with Crippen molar-refractivity contribution >= 4 is 11.8 Å². The van der Waals surface area contributed by atoms with Gasteiger partial charge in [-0.2, -0.15) is 17.6 Å². The second kappa shape index (κ2) is 6.36. The molecule has 0 atom stereocenters. The number of benzene rings is 1. The van der Waals surface area contributed by atoms with Gasteiger partial charge in [-0.05, 0) is 24.3 Å². The summed E-state index contributed by atoms with van der Waals surface area (Å²) in [5.74, 6) is -1.72. The van der Waals surface area contributed by atoms with E-state index in [-0.39, 0.29) is 5.56 Å². The number of halogens is 4. The first-order valence-electron chi connectivity index (χ1n) is 5.34. The molecule has 20 heavy (non-hydrogen) atoms. The summed E-state index contributed by atoms with van der Waals surface area (Å²) in [5, 5.41) is 0. The Hall–Kier alpha value is -2.12. The summed E-state index contributed by atoms with van der Waals surface area (Å²) in [4.78, 5) is 22.0. The van der Waals surface area contributed by atoms with E-state index < -0.39 is 36.6 Å². The number of carbonyl (C=O) groups is 2. The number of hydrogen-bond acceptors (Lipinski definition) is 4. The van der Waals surface area contributed by atoms with Crippen LogP contribution in [0.15, 0.2) is 24.3 Å². The first kappa shape index (κ1) is 15.9. The van der Waals surface area contributed by atoms with Gasteiger partial charge in [-0.1, -0.05) is 0 Å². The number of rotatable bonds is 6. The molecule has 110 valence electrons. The third kappa shape index (κ3) is 4.52. The number of carbonyl (C=O) groups excluding carboxylic acids is 2. The fraction of sp³-hybridized carbons (Fsp3) is 0.333. The van der Waals surface area contributed by atoms with Crippen LogP contribution >= 0.6 is 0 Å². The van der Waals surface area contributed by atoms with E-state index in [0.717, 1.165) is 31.2 Å². The number of ether oxygens (including phenoxy) is 2. The van der Waals surface area contributed by atoms with Gasteiger partial charge in [0.2, 0.25) is 0 Å². The molecule has 1 aromatic rings. The molecule has 0 aliphatic heterocycles. The second-order valence-electron chi connectivity index (χ2n) is 3.69. The summed E-state index contributed by atoms with van der Waals surface area (Å²) in [6.45, 7) is 0.624. The minimum absolute atomic E-state index is 0.0685. The molecule has 0 bridgehead atoms. The first-order valence-corrected chi connectivity index (χ1v) is 5.34. The average molecular weight is 294 g/mol. The quantitative estimate of drug-likeness (QED) is 0.460. The molecule has 0 aliphatic carbocycles. The SMILES string of the molecule is CC(=O)OCC(=O)c1ccc(OC(F)(F)C(F)F)cc1. The van der Waals surface area contributed by atoms with E-state index >= 15 is 0 Å². The zero-order chi connectivity index (χ0) is 15.3. The summed E-state index contributed by atoms with van der Waals surface area (Å²) >= 11 is 0. The predicted molar refractivity (Wildman–Crippen MR) is 59.0 cm³/mol. The van der Waals surface area contributed by atoms with Crippen LogP contribution in [0, 0.1) is 0 Å². The monoisotopic (exact) mass is 294 g/mol. The lowest BCUT2D eigenvalue weighted by Gasteiger charge is -2.16. The van der Waals surface area contributed by atoms with Gasteiger partial charge >= 0.3 is 18.5 Å². The van der Waals surface area contributed by atoms with Crippen LogP contribution in [0.25, 0.3) is 0 Å². The van der Waals surface area contributed by atoms with E-state index in [1.165, 1.54) is 0 Å². The Bertz CT molecular complexity index is 485. The van der Waals surface area contributed by atoms with Crippen LogP contribution in [-0.2, 0) is 9.53 Å². The molecule has 1 rings (SSSR count). The number of ketones is 1. The van der Waals surface area contributed by atoms with Gasteiger partial charge in [0.15, 0.2) is 12.4 Å². The van der Waals surface area contributed by atoms with Crippen LogP contribution < -0.4 is 4.74 Å². The maximum Gasteiger partial charge on any atom is 0.461 e. The number of hydrogen-bond donors (Lipinski definition) is 0. The molecule has 0 saturated heterocycles. The molecule has 0 fully saturated rings. The summed E-state index contributed by atoms with van der Waals surface area (Å²) in [6, 6.07) is 4.08. The van der Waals surface area contributed by atoms with Crippen LogP contribution in [0.1, 0.15) is 17.3 Å². The van der Waals surface area contributed by atoms with Crippen LogP contribution in [-0.4, -0.2) is 30.9 Å². The zero-order valence-electron chi connectivity index (χ0n) is 10.2. The van der Waals surface area contributed by atoms with Gasteiger partial charge in [0.05, 0.1) is 0 Å². The third-order valence-corrected chi connectivity index (χ3v) is 2.09. The lowest BCUT2D eigenvalue weighted by Crippen LogP contribution is -2.33. The normalized spacial score (nSPS) is 11.3. The fourth-order valence-electron chi connectivity index (χ4n) is 1.16. The van der Waals surface area contributed by atoms with Gasteiger partial charge in [0.1, 0.15) is 5.75 Å². The van der Waals surface area contributed by atoms with Gasteiger partial charge in [-0.15, -0.1) is 0 Å². The molecule has 0 aromatic heterocycles. The number of alkyl halides is 4. The van der Waals surface area contributed by atoms with Crippen LogP contribution in [0.5, 0.6) is 5.75 Å². The van der Waals surface area contributed by atoms with Crippen molar-refractivity contribution < 1.29 is 36.6 Å². The molecule has 1 aromatic carbocycles. The van der Waals surface area contributed by atoms with E-state index in [2.05, 4.69) is 9.47 Å². The molecule has 0 amide bonds. The molecule has 0 heterocycles. The zero-order valence-corrected chi connectivity index (χ0v) is 10.2. The third-order valence-electron chi connectivity index (χ3n) is 2.09. The van der Waals surface area contributed by atoms with Gasteiger partial charge in [-0.25, -0.2) is 0 Å². The molecule has 0 unspecified atom stereocenters. The van der Waals surface area contributed by atoms with Gasteiger partial charge < -0.3 is 9.47 Å². The smallest absolute Gasteiger partial charge is 0.457 e. The predicted octanol–water partition coefficient (Wildman–Crippen LogP) is 2.67. The average Bonchev–Trinajstić information content (AvgIpc) is 2.36. The van der Waals surface area contributed by atoms with Crippen molar-refractivity contribution in [1.82, 2.24) is 0 Å².